The third-order valence-electron chi connectivity index (χ3n) is 6.03. The largest absolute Gasteiger partial charge is 0.423 e. The summed E-state index contributed by atoms with van der Waals surface area (Å²) >= 11 is 0. The second kappa shape index (κ2) is 11.3. The summed E-state index contributed by atoms with van der Waals surface area (Å²) in [6.45, 7) is 4.35. The third kappa shape index (κ3) is 6.72. The number of nitrogens with one attached hydrogen (secondary N) is 2. The summed E-state index contributed by atoms with van der Waals surface area (Å²) in [6, 6.07) is -1.21. The number of nitrogens with zero attached hydrogens (tertiary/aromatic N) is 6. The zero-order chi connectivity index (χ0) is 28.3. The van der Waals surface area contributed by atoms with E-state index in [1.165, 1.54) is 16.8 Å². The minimum Gasteiger partial charge on any atom is -0.366 e. The van der Waals surface area contributed by atoms with Crippen molar-refractivity contribution in [3.05, 3.63) is 52.2 Å². The van der Waals surface area contributed by atoms with Gasteiger partial charge in [0, 0.05) is 57.7 Å². The molecule has 3 heterocycles. The average molecular weight is 548 g/mol. The topological polar surface area (TPSA) is 110 Å². The third-order valence-corrected chi connectivity index (χ3v) is 6.03. The van der Waals surface area contributed by atoms with Crippen molar-refractivity contribution in [3.63, 3.8) is 0 Å². The van der Waals surface area contributed by atoms with E-state index in [4.69, 9.17) is 0 Å². The van der Waals surface area contributed by atoms with Gasteiger partial charge in [0.25, 0.3) is 5.56 Å². The van der Waals surface area contributed by atoms with Gasteiger partial charge in [-0.15, -0.1) is 0 Å². The Balaban J connectivity index is 1.52. The molecule has 1 fully saturated rings. The number of likely N-dealkylation sites (N-methyl/N-ethyl adjacent to an activating group) is 1. The number of halogens is 6. The fraction of sp³-hybridized carbons (Fsp3) is 0.500. The number of urea groups is 1. The Hall–Kier alpha value is -3.85. The number of hydrogen-bond acceptors (Lipinski definition) is 7. The minimum absolute atomic E-state index is 0.0906. The summed E-state index contributed by atoms with van der Waals surface area (Å²) in [5.74, 6) is 0.135. The van der Waals surface area contributed by atoms with E-state index in [-0.39, 0.29) is 43.3 Å². The fourth-order valence-electron chi connectivity index (χ4n) is 3.86. The molecule has 38 heavy (non-hydrogen) atoms. The summed E-state index contributed by atoms with van der Waals surface area (Å²) in [7, 11) is 1.39. The molecule has 0 aliphatic carbocycles. The molecule has 0 saturated carbocycles. The van der Waals surface area contributed by atoms with E-state index in [1.807, 2.05) is 0 Å². The number of rotatable bonds is 6. The fourth-order valence-corrected chi connectivity index (χ4v) is 3.86. The number of alkyl halides is 6. The van der Waals surface area contributed by atoms with Gasteiger partial charge in [-0.1, -0.05) is 12.2 Å². The number of aromatic nitrogens is 4. The van der Waals surface area contributed by atoms with E-state index >= 15 is 0 Å². The maximum absolute atomic E-state index is 13.3. The van der Waals surface area contributed by atoms with Gasteiger partial charge in [0.1, 0.15) is 5.56 Å². The van der Waals surface area contributed by atoms with Crippen molar-refractivity contribution in [1.29, 1.82) is 0 Å². The number of hydrogen-bond donors (Lipinski definition) is 2. The molecule has 0 aromatic carbocycles. The lowest BCUT2D eigenvalue weighted by Gasteiger charge is -2.39. The molecule has 2 amide bonds. The Morgan fingerprint density at radius 2 is 1.84 bits per heavy atom. The van der Waals surface area contributed by atoms with Crippen LogP contribution in [0.4, 0.5) is 42.8 Å². The van der Waals surface area contributed by atoms with Crippen LogP contribution in [0, 0.1) is 0 Å². The van der Waals surface area contributed by atoms with Gasteiger partial charge in [-0.3, -0.25) is 4.79 Å². The molecule has 2 N–H and O–H groups in total. The van der Waals surface area contributed by atoms with Crippen molar-refractivity contribution < 1.29 is 31.1 Å². The van der Waals surface area contributed by atoms with Gasteiger partial charge in [0.2, 0.25) is 5.95 Å². The number of carbonyl (C=O) groups excluding carboxylic acids is 1. The van der Waals surface area contributed by atoms with Gasteiger partial charge in [-0.25, -0.2) is 19.9 Å². The highest BCUT2D eigenvalue weighted by atomic mass is 19.4. The first kappa shape index (κ1) is 28.7. The van der Waals surface area contributed by atoms with Crippen LogP contribution in [0.3, 0.4) is 0 Å². The van der Waals surface area contributed by atoms with Crippen LogP contribution in [-0.4, -0.2) is 76.4 Å². The second-order valence-electron chi connectivity index (χ2n) is 8.68. The number of piperazine rings is 1. The molecule has 2 atom stereocenters. The van der Waals surface area contributed by atoms with Crippen molar-refractivity contribution in [3.8, 4) is 0 Å². The molecule has 1 aliphatic rings. The summed E-state index contributed by atoms with van der Waals surface area (Å²) in [5, 5.41) is 7.93. The van der Waals surface area contributed by atoms with E-state index in [9.17, 15) is 35.9 Å². The molecule has 16 heteroatoms. The van der Waals surface area contributed by atoms with E-state index < -0.39 is 35.1 Å². The standard InChI is InChI=1S/C22H26F6N8O2/c1-13(34(3)16-11-32-33-18(37)17(16)22(26,27)28)5-4-6-29-20(38)35-7-8-36(14(2)12-35)19-30-9-15(10-31-19)21(23,24)25/h4-5,9-11,13-14H,6-8,12H2,1-3H3,(H,29,38)(H,33,37)/b5-4+/t13-,14+/m0/s1. The van der Waals surface area contributed by atoms with Crippen molar-refractivity contribution in [2.24, 2.45) is 0 Å². The van der Waals surface area contributed by atoms with Crippen LogP contribution < -0.4 is 20.7 Å². The molecule has 3 rings (SSSR count). The number of anilines is 2. The smallest absolute Gasteiger partial charge is 0.366 e. The molecule has 0 radical (unpaired) electrons. The summed E-state index contributed by atoms with van der Waals surface area (Å²) < 4.78 is 78.1. The van der Waals surface area contributed by atoms with Gasteiger partial charge < -0.3 is 20.0 Å². The predicted molar refractivity (Wildman–Crippen MR) is 126 cm³/mol. The van der Waals surface area contributed by atoms with Gasteiger partial charge in [-0.05, 0) is 13.8 Å². The summed E-state index contributed by atoms with van der Waals surface area (Å²) in [6.07, 6.45) is -3.89. The van der Waals surface area contributed by atoms with Crippen molar-refractivity contribution in [2.45, 2.75) is 38.3 Å². The summed E-state index contributed by atoms with van der Waals surface area (Å²) in [5.41, 5.74) is -4.02. The Morgan fingerprint density at radius 3 is 2.42 bits per heavy atom. The SMILES string of the molecule is C[C@@H]1CN(C(=O)NC/C=C/[C@H](C)N(C)c2cn[nH]c(=O)c2C(F)(F)F)CCN1c1ncc(C(F)(F)F)cn1. The maximum Gasteiger partial charge on any atom is 0.423 e. The summed E-state index contributed by atoms with van der Waals surface area (Å²) in [4.78, 5) is 36.3. The Bertz CT molecular complexity index is 1200. The molecule has 1 saturated heterocycles. The minimum atomic E-state index is -4.86. The second-order valence-corrected chi connectivity index (χ2v) is 8.68. The lowest BCUT2D eigenvalue weighted by molar-refractivity contribution is -0.139. The Labute approximate surface area is 213 Å². The van der Waals surface area contributed by atoms with Gasteiger partial charge in [0.05, 0.1) is 17.4 Å². The van der Waals surface area contributed by atoms with Crippen LogP contribution in [0.1, 0.15) is 25.0 Å². The van der Waals surface area contributed by atoms with Crippen LogP contribution in [0.5, 0.6) is 0 Å². The lowest BCUT2D eigenvalue weighted by Crippen LogP contribution is -2.56. The Morgan fingerprint density at radius 1 is 1.18 bits per heavy atom. The lowest BCUT2D eigenvalue weighted by atomic mass is 10.2. The van der Waals surface area contributed by atoms with Crippen molar-refractivity contribution >= 4 is 17.7 Å². The Kier molecular flexibility index (Phi) is 8.51. The molecule has 1 aliphatic heterocycles. The molecule has 2 aromatic heterocycles. The predicted octanol–water partition coefficient (Wildman–Crippen LogP) is 2.90. The first-order valence-corrected chi connectivity index (χ1v) is 11.4. The number of H-pyrrole nitrogens is 1. The van der Waals surface area contributed by atoms with E-state index in [2.05, 4.69) is 20.4 Å². The molecule has 2 aromatic rings. The molecular formula is C22H26F6N8O2. The molecule has 0 unspecified atom stereocenters. The zero-order valence-corrected chi connectivity index (χ0v) is 20.6. The quantitative estimate of drug-likeness (QED) is 0.422. The van der Waals surface area contributed by atoms with Gasteiger partial charge in [-0.2, -0.15) is 31.4 Å². The number of carbonyl (C=O) groups is 1. The van der Waals surface area contributed by atoms with Crippen LogP contribution in [-0.2, 0) is 12.4 Å². The van der Waals surface area contributed by atoms with Gasteiger partial charge in [0.15, 0.2) is 0 Å². The van der Waals surface area contributed by atoms with Crippen LogP contribution >= 0.6 is 0 Å². The van der Waals surface area contributed by atoms with Crippen molar-refractivity contribution in [2.75, 3.05) is 43.0 Å². The molecule has 10 nitrogen and oxygen atoms in total. The highest BCUT2D eigenvalue weighted by Crippen LogP contribution is 2.33. The maximum atomic E-state index is 13.3. The van der Waals surface area contributed by atoms with Gasteiger partial charge >= 0.3 is 18.4 Å². The van der Waals surface area contributed by atoms with E-state index in [0.717, 1.165) is 18.6 Å². The first-order valence-electron chi connectivity index (χ1n) is 11.4. The van der Waals surface area contributed by atoms with Crippen molar-refractivity contribution in [1.82, 2.24) is 30.4 Å². The molecular weight excluding hydrogens is 522 g/mol. The molecule has 0 spiro atoms. The van der Waals surface area contributed by atoms with E-state index in [0.29, 0.717) is 6.54 Å². The molecule has 0 bridgehead atoms. The first-order chi connectivity index (χ1) is 17.7. The number of aromatic amines is 1. The van der Waals surface area contributed by atoms with E-state index in [1.54, 1.807) is 36.0 Å². The molecule has 208 valence electrons. The van der Waals surface area contributed by atoms with Crippen LogP contribution in [0.2, 0.25) is 0 Å². The van der Waals surface area contributed by atoms with Crippen LogP contribution in [0.15, 0.2) is 35.5 Å². The van der Waals surface area contributed by atoms with Crippen LogP contribution in [0.25, 0.3) is 0 Å². The zero-order valence-electron chi connectivity index (χ0n) is 20.6. The average Bonchev–Trinajstić information content (AvgIpc) is 2.84. The normalized spacial score (nSPS) is 17.6. The number of amides is 2. The monoisotopic (exact) mass is 548 g/mol. The highest BCUT2D eigenvalue weighted by Gasteiger charge is 2.38. The highest BCUT2D eigenvalue weighted by molar-refractivity contribution is 5.74.